The summed E-state index contributed by atoms with van der Waals surface area (Å²) in [4.78, 5) is 15.7. The van der Waals surface area contributed by atoms with E-state index < -0.39 is 21.0 Å². The van der Waals surface area contributed by atoms with Crippen LogP contribution in [0.3, 0.4) is 0 Å². The van der Waals surface area contributed by atoms with Gasteiger partial charge in [-0.2, -0.15) is 0 Å². The highest BCUT2D eigenvalue weighted by molar-refractivity contribution is 7.93. The lowest BCUT2D eigenvalue weighted by Gasteiger charge is -2.12. The number of hydrogen-bond donors (Lipinski definition) is 1. The van der Waals surface area contributed by atoms with Gasteiger partial charge in [0.25, 0.3) is 0 Å². The van der Waals surface area contributed by atoms with Crippen LogP contribution in [0.25, 0.3) is 11.2 Å². The standard InChI is InChI=1S/C16H17N3O5S/c1-10(2)25(21,22)18-11-5-4-6-12(9-11)23-13-7-8-17-15-14(13)24-16(20)19(15)3/h4-10,18H,1-3H3. The minimum atomic E-state index is -3.46. The molecular formula is C16H17N3O5S. The van der Waals surface area contributed by atoms with Crippen molar-refractivity contribution in [2.75, 3.05) is 4.72 Å². The summed E-state index contributed by atoms with van der Waals surface area (Å²) in [7, 11) is -1.91. The zero-order valence-electron chi connectivity index (χ0n) is 13.9. The van der Waals surface area contributed by atoms with Crippen molar-refractivity contribution in [3.63, 3.8) is 0 Å². The summed E-state index contributed by atoms with van der Waals surface area (Å²) >= 11 is 0. The van der Waals surface area contributed by atoms with Gasteiger partial charge in [-0.1, -0.05) is 6.07 Å². The summed E-state index contributed by atoms with van der Waals surface area (Å²) in [6.07, 6.45) is 1.50. The van der Waals surface area contributed by atoms with Crippen molar-refractivity contribution in [2.45, 2.75) is 19.1 Å². The summed E-state index contributed by atoms with van der Waals surface area (Å²) in [6, 6.07) is 8.06. The van der Waals surface area contributed by atoms with Gasteiger partial charge in [0, 0.05) is 25.4 Å². The van der Waals surface area contributed by atoms with Crippen LogP contribution >= 0.6 is 0 Å². The Morgan fingerprint density at radius 2 is 2.04 bits per heavy atom. The Morgan fingerprint density at radius 1 is 1.28 bits per heavy atom. The lowest BCUT2D eigenvalue weighted by Crippen LogP contribution is -2.22. The largest absolute Gasteiger partial charge is 0.453 e. The second-order valence-electron chi connectivity index (χ2n) is 5.71. The van der Waals surface area contributed by atoms with Gasteiger partial charge in [-0.15, -0.1) is 0 Å². The predicted octanol–water partition coefficient (Wildman–Crippen LogP) is 2.47. The Balaban J connectivity index is 1.93. The zero-order valence-corrected chi connectivity index (χ0v) is 14.7. The maximum absolute atomic E-state index is 12.0. The highest BCUT2D eigenvalue weighted by Crippen LogP contribution is 2.29. The van der Waals surface area contributed by atoms with Crippen LogP contribution in [-0.2, 0) is 17.1 Å². The third-order valence-corrected chi connectivity index (χ3v) is 5.33. The summed E-state index contributed by atoms with van der Waals surface area (Å²) in [5.74, 6) is 0.159. The molecule has 0 saturated heterocycles. The van der Waals surface area contributed by atoms with Gasteiger partial charge in [0.2, 0.25) is 15.6 Å². The highest BCUT2D eigenvalue weighted by atomic mass is 32.2. The molecule has 0 unspecified atom stereocenters. The van der Waals surface area contributed by atoms with Crippen LogP contribution in [0.4, 0.5) is 5.69 Å². The average Bonchev–Trinajstić information content (AvgIpc) is 2.84. The Bertz CT molecular complexity index is 1080. The minimum Gasteiger partial charge on any atom is -0.453 e. The van der Waals surface area contributed by atoms with E-state index in [0.717, 1.165) is 0 Å². The molecule has 8 nitrogen and oxygen atoms in total. The molecule has 0 aliphatic carbocycles. The van der Waals surface area contributed by atoms with Crippen molar-refractivity contribution in [3.8, 4) is 11.5 Å². The first-order valence-electron chi connectivity index (χ1n) is 7.52. The number of aromatic nitrogens is 2. The molecule has 0 fully saturated rings. The van der Waals surface area contributed by atoms with Crippen molar-refractivity contribution < 1.29 is 17.6 Å². The van der Waals surface area contributed by atoms with Gasteiger partial charge in [-0.3, -0.25) is 9.29 Å². The fraction of sp³-hybridized carbons (Fsp3) is 0.250. The molecule has 0 spiro atoms. The highest BCUT2D eigenvalue weighted by Gasteiger charge is 2.16. The Kier molecular flexibility index (Phi) is 4.25. The molecule has 0 aliphatic heterocycles. The number of pyridine rings is 1. The van der Waals surface area contributed by atoms with E-state index in [2.05, 4.69) is 9.71 Å². The Hall–Kier alpha value is -2.81. The maximum Gasteiger partial charge on any atom is 0.421 e. The number of sulfonamides is 1. The second kappa shape index (κ2) is 6.25. The quantitative estimate of drug-likeness (QED) is 0.747. The smallest absolute Gasteiger partial charge is 0.421 e. The minimum absolute atomic E-state index is 0.225. The number of ether oxygens (including phenoxy) is 1. The summed E-state index contributed by atoms with van der Waals surface area (Å²) < 4.78 is 38.6. The summed E-state index contributed by atoms with van der Waals surface area (Å²) in [6.45, 7) is 3.18. The number of anilines is 1. The topological polar surface area (TPSA) is 103 Å². The molecule has 3 rings (SSSR count). The molecule has 2 aromatic heterocycles. The van der Waals surface area contributed by atoms with E-state index in [0.29, 0.717) is 22.8 Å². The van der Waals surface area contributed by atoms with Crippen LogP contribution in [0.15, 0.2) is 45.7 Å². The Labute approximate surface area is 144 Å². The molecule has 132 valence electrons. The van der Waals surface area contributed by atoms with Gasteiger partial charge >= 0.3 is 5.76 Å². The molecular weight excluding hydrogens is 346 g/mol. The molecule has 0 radical (unpaired) electrons. The SMILES string of the molecule is CC(C)S(=O)(=O)Nc1cccc(Oc2ccnc3c2oc(=O)n3C)c1. The number of nitrogens with one attached hydrogen (secondary N) is 1. The van der Waals surface area contributed by atoms with Crippen molar-refractivity contribution in [3.05, 3.63) is 47.1 Å². The number of benzene rings is 1. The van der Waals surface area contributed by atoms with E-state index in [1.165, 1.54) is 10.8 Å². The maximum atomic E-state index is 12.0. The monoisotopic (exact) mass is 363 g/mol. The normalized spacial score (nSPS) is 11.8. The van der Waals surface area contributed by atoms with Crippen LogP contribution in [-0.4, -0.2) is 23.2 Å². The first-order valence-corrected chi connectivity index (χ1v) is 9.06. The molecule has 0 amide bonds. The molecule has 0 aliphatic rings. The zero-order chi connectivity index (χ0) is 18.2. The molecule has 9 heteroatoms. The van der Waals surface area contributed by atoms with E-state index >= 15 is 0 Å². The number of aryl methyl sites for hydroxylation is 1. The first-order chi connectivity index (χ1) is 11.8. The molecule has 2 heterocycles. The third kappa shape index (κ3) is 3.36. The van der Waals surface area contributed by atoms with E-state index in [1.807, 2.05) is 0 Å². The van der Waals surface area contributed by atoms with Crippen LogP contribution in [0.2, 0.25) is 0 Å². The molecule has 3 aromatic rings. The van der Waals surface area contributed by atoms with E-state index in [1.54, 1.807) is 51.2 Å². The van der Waals surface area contributed by atoms with Crippen molar-refractivity contribution in [1.29, 1.82) is 0 Å². The number of hydrogen-bond acceptors (Lipinski definition) is 6. The number of oxazole rings is 1. The van der Waals surface area contributed by atoms with E-state index in [-0.39, 0.29) is 5.58 Å². The van der Waals surface area contributed by atoms with Gasteiger partial charge in [-0.05, 0) is 26.0 Å². The van der Waals surface area contributed by atoms with E-state index in [4.69, 9.17) is 9.15 Å². The molecule has 0 bridgehead atoms. The molecule has 1 N–H and O–H groups in total. The van der Waals surface area contributed by atoms with Crippen molar-refractivity contribution in [2.24, 2.45) is 7.05 Å². The van der Waals surface area contributed by atoms with Gasteiger partial charge in [0.15, 0.2) is 11.4 Å². The number of rotatable bonds is 5. The molecule has 0 atom stereocenters. The predicted molar refractivity (Wildman–Crippen MR) is 93.4 cm³/mol. The van der Waals surface area contributed by atoms with Gasteiger partial charge in [0.1, 0.15) is 5.75 Å². The van der Waals surface area contributed by atoms with Gasteiger partial charge in [-0.25, -0.2) is 18.2 Å². The van der Waals surface area contributed by atoms with Crippen molar-refractivity contribution in [1.82, 2.24) is 9.55 Å². The lowest BCUT2D eigenvalue weighted by molar-refractivity contribution is 0.462. The van der Waals surface area contributed by atoms with E-state index in [9.17, 15) is 13.2 Å². The lowest BCUT2D eigenvalue weighted by atomic mass is 10.3. The van der Waals surface area contributed by atoms with Crippen LogP contribution in [0.5, 0.6) is 11.5 Å². The molecule has 0 saturated carbocycles. The van der Waals surface area contributed by atoms with Gasteiger partial charge in [0.05, 0.1) is 10.9 Å². The number of fused-ring (bicyclic) bond motifs is 1. The number of nitrogens with zero attached hydrogens (tertiary/aromatic N) is 2. The Morgan fingerprint density at radius 3 is 2.76 bits per heavy atom. The second-order valence-corrected chi connectivity index (χ2v) is 7.95. The van der Waals surface area contributed by atoms with Crippen LogP contribution in [0, 0.1) is 0 Å². The molecule has 1 aromatic carbocycles. The fourth-order valence-electron chi connectivity index (χ4n) is 2.11. The fourth-order valence-corrected chi connectivity index (χ4v) is 2.80. The average molecular weight is 363 g/mol. The third-order valence-electron chi connectivity index (χ3n) is 3.57. The molecule has 25 heavy (non-hydrogen) atoms. The van der Waals surface area contributed by atoms with Crippen molar-refractivity contribution >= 4 is 26.9 Å². The summed E-state index contributed by atoms with van der Waals surface area (Å²) in [5.41, 5.74) is 0.966. The van der Waals surface area contributed by atoms with Crippen LogP contribution in [0.1, 0.15) is 13.8 Å². The van der Waals surface area contributed by atoms with Crippen LogP contribution < -0.4 is 15.2 Å². The first kappa shape index (κ1) is 17.0. The van der Waals surface area contributed by atoms with Gasteiger partial charge < -0.3 is 9.15 Å². The summed E-state index contributed by atoms with van der Waals surface area (Å²) in [5, 5.41) is -0.560.